The summed E-state index contributed by atoms with van der Waals surface area (Å²) >= 11 is 0. The maximum absolute atomic E-state index is 12.5. The summed E-state index contributed by atoms with van der Waals surface area (Å²) in [6, 6.07) is 0.391. The van der Waals surface area contributed by atoms with Crippen LogP contribution in [0.5, 0.6) is 0 Å². The minimum atomic E-state index is 0.145. The van der Waals surface area contributed by atoms with Crippen LogP contribution in [0.15, 0.2) is 6.20 Å². The van der Waals surface area contributed by atoms with E-state index in [1.807, 2.05) is 18.9 Å². The molecule has 3 heterocycles. The lowest BCUT2D eigenvalue weighted by atomic mass is 10.0. The first-order valence-electron chi connectivity index (χ1n) is 6.19. The first kappa shape index (κ1) is 10.8. The number of rotatable bonds is 1. The third-order valence-corrected chi connectivity index (χ3v) is 4.17. The summed E-state index contributed by atoms with van der Waals surface area (Å²) < 4.78 is 1.76. The molecule has 0 spiro atoms. The van der Waals surface area contributed by atoms with Gasteiger partial charge >= 0.3 is 0 Å². The second-order valence-electron chi connectivity index (χ2n) is 5.04. The molecular weight excluding hydrogens is 216 g/mol. The highest BCUT2D eigenvalue weighted by Crippen LogP contribution is 2.28. The molecule has 2 aliphatic rings. The topological polar surface area (TPSA) is 50.2 Å². The van der Waals surface area contributed by atoms with E-state index in [4.69, 9.17) is 0 Å². The van der Waals surface area contributed by atoms with Crippen molar-refractivity contribution in [3.63, 3.8) is 0 Å². The average molecular weight is 234 g/mol. The summed E-state index contributed by atoms with van der Waals surface area (Å²) in [5.74, 6) is 0.794. The summed E-state index contributed by atoms with van der Waals surface area (Å²) in [6.07, 6.45) is 2.82. The fourth-order valence-corrected chi connectivity index (χ4v) is 2.96. The number of nitrogens with zero attached hydrogens (tertiary/aromatic N) is 3. The van der Waals surface area contributed by atoms with Gasteiger partial charge in [0.1, 0.15) is 0 Å². The summed E-state index contributed by atoms with van der Waals surface area (Å²) in [4.78, 5) is 14.5. The summed E-state index contributed by atoms with van der Waals surface area (Å²) in [7, 11) is 1.87. The number of likely N-dealkylation sites (tertiary alicyclic amines) is 1. The first-order valence-corrected chi connectivity index (χ1v) is 6.19. The molecule has 5 heteroatoms. The second-order valence-corrected chi connectivity index (χ2v) is 5.04. The van der Waals surface area contributed by atoms with E-state index < -0.39 is 0 Å². The Kier molecular flexibility index (Phi) is 2.43. The number of fused-ring (bicyclic) bond motifs is 1. The molecule has 0 bridgehead atoms. The molecule has 5 nitrogen and oxygen atoms in total. The van der Waals surface area contributed by atoms with Gasteiger partial charge in [0.2, 0.25) is 0 Å². The molecule has 1 aromatic rings. The lowest BCUT2D eigenvalue weighted by Crippen LogP contribution is -2.39. The molecule has 2 fully saturated rings. The molecule has 92 valence electrons. The smallest absolute Gasteiger partial charge is 0.257 e. The minimum Gasteiger partial charge on any atom is -0.334 e. The lowest BCUT2D eigenvalue weighted by molar-refractivity contribution is 0.0736. The summed E-state index contributed by atoms with van der Waals surface area (Å²) in [5.41, 5.74) is 1.70. The number of amides is 1. The highest BCUT2D eigenvalue weighted by atomic mass is 16.2. The van der Waals surface area contributed by atoms with E-state index in [-0.39, 0.29) is 5.91 Å². The normalized spacial score (nSPS) is 27.5. The number of nitrogens with one attached hydrogen (secondary N) is 1. The molecule has 1 aromatic heterocycles. The molecule has 2 aliphatic heterocycles. The van der Waals surface area contributed by atoms with Crippen LogP contribution in [0, 0.1) is 12.8 Å². The Morgan fingerprint density at radius 3 is 3.06 bits per heavy atom. The van der Waals surface area contributed by atoms with Crippen molar-refractivity contribution in [3.05, 3.63) is 17.5 Å². The SMILES string of the molecule is Cc1c(C(=O)N2CC[C@H]3CNC[C@H]32)cnn1C. The van der Waals surface area contributed by atoms with Gasteiger partial charge in [-0.2, -0.15) is 5.10 Å². The predicted molar refractivity (Wildman–Crippen MR) is 63.7 cm³/mol. The number of carbonyl (C=O) groups excluding carboxylic acids is 1. The van der Waals surface area contributed by atoms with Crippen molar-refractivity contribution >= 4 is 5.91 Å². The summed E-state index contributed by atoms with van der Waals surface area (Å²) in [6.45, 7) is 4.83. The van der Waals surface area contributed by atoms with Crippen molar-refractivity contribution in [1.82, 2.24) is 20.0 Å². The molecule has 1 N–H and O–H groups in total. The maximum Gasteiger partial charge on any atom is 0.257 e. The quantitative estimate of drug-likeness (QED) is 0.753. The zero-order valence-corrected chi connectivity index (χ0v) is 10.3. The molecular formula is C12H18N4O. The molecule has 2 atom stereocenters. The van der Waals surface area contributed by atoms with Crippen molar-refractivity contribution < 1.29 is 4.79 Å². The van der Waals surface area contributed by atoms with Crippen LogP contribution in [-0.2, 0) is 7.05 Å². The maximum atomic E-state index is 12.5. The first-order chi connectivity index (χ1) is 8.18. The molecule has 0 aliphatic carbocycles. The second kappa shape index (κ2) is 3.84. The van der Waals surface area contributed by atoms with Crippen LogP contribution >= 0.6 is 0 Å². The van der Waals surface area contributed by atoms with E-state index in [1.165, 1.54) is 0 Å². The largest absolute Gasteiger partial charge is 0.334 e. The van der Waals surface area contributed by atoms with Crippen molar-refractivity contribution in [2.24, 2.45) is 13.0 Å². The number of hydrogen-bond acceptors (Lipinski definition) is 3. The van der Waals surface area contributed by atoms with Gasteiger partial charge in [-0.05, 0) is 19.3 Å². The van der Waals surface area contributed by atoms with E-state index in [1.54, 1.807) is 10.9 Å². The van der Waals surface area contributed by atoms with Crippen LogP contribution in [0.1, 0.15) is 22.5 Å². The van der Waals surface area contributed by atoms with Crippen LogP contribution in [0.3, 0.4) is 0 Å². The summed E-state index contributed by atoms with van der Waals surface area (Å²) in [5, 5.41) is 7.51. The van der Waals surface area contributed by atoms with Crippen LogP contribution in [0.4, 0.5) is 0 Å². The molecule has 0 unspecified atom stereocenters. The minimum absolute atomic E-state index is 0.145. The predicted octanol–water partition coefficient (Wildman–Crippen LogP) is 0.162. The molecule has 17 heavy (non-hydrogen) atoms. The Labute approximate surface area is 101 Å². The van der Waals surface area contributed by atoms with Gasteiger partial charge in [0, 0.05) is 38.4 Å². The molecule has 0 saturated carbocycles. The monoisotopic (exact) mass is 234 g/mol. The molecule has 0 radical (unpaired) electrons. The number of aromatic nitrogens is 2. The van der Waals surface area contributed by atoms with Crippen molar-refractivity contribution in [1.29, 1.82) is 0 Å². The lowest BCUT2D eigenvalue weighted by Gasteiger charge is -2.23. The van der Waals surface area contributed by atoms with Gasteiger partial charge < -0.3 is 10.2 Å². The molecule has 3 rings (SSSR count). The Balaban J connectivity index is 1.85. The van der Waals surface area contributed by atoms with Gasteiger partial charge in [-0.3, -0.25) is 9.48 Å². The third kappa shape index (κ3) is 1.57. The Hall–Kier alpha value is -1.36. The zero-order chi connectivity index (χ0) is 12.0. The van der Waals surface area contributed by atoms with Gasteiger partial charge in [0.15, 0.2) is 0 Å². The van der Waals surface area contributed by atoms with E-state index in [0.717, 1.165) is 37.3 Å². The van der Waals surface area contributed by atoms with Crippen LogP contribution in [-0.4, -0.2) is 46.3 Å². The van der Waals surface area contributed by atoms with Gasteiger partial charge in [0.05, 0.1) is 11.8 Å². The fourth-order valence-electron chi connectivity index (χ4n) is 2.96. The highest BCUT2D eigenvalue weighted by Gasteiger charge is 2.40. The van der Waals surface area contributed by atoms with E-state index in [0.29, 0.717) is 12.0 Å². The number of aryl methyl sites for hydroxylation is 1. The van der Waals surface area contributed by atoms with E-state index in [2.05, 4.69) is 10.4 Å². The van der Waals surface area contributed by atoms with Gasteiger partial charge in [-0.25, -0.2) is 0 Å². The van der Waals surface area contributed by atoms with Crippen molar-refractivity contribution in [2.75, 3.05) is 19.6 Å². The molecule has 1 amide bonds. The number of hydrogen-bond donors (Lipinski definition) is 1. The van der Waals surface area contributed by atoms with Crippen LogP contribution < -0.4 is 5.32 Å². The average Bonchev–Trinajstić information content (AvgIpc) is 2.95. The standard InChI is InChI=1S/C12H18N4O/c1-8-10(6-14-15(8)2)12(17)16-4-3-9-5-13-7-11(9)16/h6,9,11,13H,3-5,7H2,1-2H3/t9-,11+/m0/s1. The highest BCUT2D eigenvalue weighted by molar-refractivity contribution is 5.95. The zero-order valence-electron chi connectivity index (χ0n) is 10.3. The van der Waals surface area contributed by atoms with Crippen LogP contribution in [0.25, 0.3) is 0 Å². The van der Waals surface area contributed by atoms with Gasteiger partial charge in [-0.1, -0.05) is 0 Å². The van der Waals surface area contributed by atoms with E-state index in [9.17, 15) is 4.79 Å². The van der Waals surface area contributed by atoms with Crippen LogP contribution in [0.2, 0.25) is 0 Å². The third-order valence-electron chi connectivity index (χ3n) is 4.17. The Bertz CT molecular complexity index is 453. The van der Waals surface area contributed by atoms with Gasteiger partial charge in [0.25, 0.3) is 5.91 Å². The van der Waals surface area contributed by atoms with Gasteiger partial charge in [-0.15, -0.1) is 0 Å². The molecule has 0 aromatic carbocycles. The molecule has 2 saturated heterocycles. The Morgan fingerprint density at radius 1 is 1.53 bits per heavy atom. The van der Waals surface area contributed by atoms with Crippen molar-refractivity contribution in [2.45, 2.75) is 19.4 Å². The van der Waals surface area contributed by atoms with E-state index >= 15 is 0 Å². The fraction of sp³-hybridized carbons (Fsp3) is 0.667. The number of carbonyl (C=O) groups is 1. The Morgan fingerprint density at radius 2 is 2.35 bits per heavy atom. The van der Waals surface area contributed by atoms with Crippen molar-refractivity contribution in [3.8, 4) is 0 Å².